The Labute approximate surface area is 92.1 Å². The number of aryl methyl sites for hydroxylation is 1. The molecule has 0 aliphatic carbocycles. The van der Waals surface area contributed by atoms with Crippen molar-refractivity contribution in [1.82, 2.24) is 9.88 Å². The minimum Gasteiger partial charge on any atom is -0.396 e. The summed E-state index contributed by atoms with van der Waals surface area (Å²) in [5.41, 5.74) is 1.32. The molecular weight excluding hydrogens is 188 g/mol. The molecule has 0 amide bonds. The average Bonchev–Trinajstić information content (AvgIpc) is 2.64. The zero-order valence-corrected chi connectivity index (χ0v) is 9.74. The number of aromatic nitrogens is 1. The third kappa shape index (κ3) is 4.06. The summed E-state index contributed by atoms with van der Waals surface area (Å²) in [4.78, 5) is 0. The Kier molecular flexibility index (Phi) is 5.43. The van der Waals surface area contributed by atoms with Crippen LogP contribution < -0.4 is 5.32 Å². The Hall–Kier alpha value is -0.800. The van der Waals surface area contributed by atoms with Gasteiger partial charge in [-0.15, -0.1) is 0 Å². The van der Waals surface area contributed by atoms with Gasteiger partial charge in [-0.2, -0.15) is 0 Å². The minimum absolute atomic E-state index is 0.254. The van der Waals surface area contributed by atoms with Crippen LogP contribution in [0.2, 0.25) is 0 Å². The molecule has 0 saturated carbocycles. The number of nitrogens with one attached hydrogen (secondary N) is 1. The van der Waals surface area contributed by atoms with Crippen molar-refractivity contribution in [3.63, 3.8) is 0 Å². The van der Waals surface area contributed by atoms with Gasteiger partial charge in [0, 0.05) is 37.6 Å². The quantitative estimate of drug-likeness (QED) is 0.719. The predicted octanol–water partition coefficient (Wildman–Crippen LogP) is 1.76. The van der Waals surface area contributed by atoms with E-state index >= 15 is 0 Å². The van der Waals surface area contributed by atoms with Gasteiger partial charge in [0.15, 0.2) is 0 Å². The lowest BCUT2D eigenvalue weighted by molar-refractivity contribution is 0.268. The first kappa shape index (κ1) is 12.3. The van der Waals surface area contributed by atoms with E-state index in [0.717, 1.165) is 25.9 Å². The first-order valence-electron chi connectivity index (χ1n) is 5.76. The number of nitrogens with zero attached hydrogens (tertiary/aromatic N) is 1. The van der Waals surface area contributed by atoms with Gasteiger partial charge < -0.3 is 15.0 Å². The van der Waals surface area contributed by atoms with Gasteiger partial charge in [0.25, 0.3) is 0 Å². The molecule has 0 saturated heterocycles. The van der Waals surface area contributed by atoms with Crippen molar-refractivity contribution in [3.05, 3.63) is 24.0 Å². The molecule has 0 aliphatic rings. The summed E-state index contributed by atoms with van der Waals surface area (Å²) in [6.07, 6.45) is 4.10. The maximum absolute atomic E-state index is 8.79. The van der Waals surface area contributed by atoms with Crippen LogP contribution in [0, 0.1) is 0 Å². The van der Waals surface area contributed by atoms with Crippen molar-refractivity contribution < 1.29 is 5.11 Å². The maximum Gasteiger partial charge on any atom is 0.0445 e. The largest absolute Gasteiger partial charge is 0.396 e. The summed E-state index contributed by atoms with van der Waals surface area (Å²) in [5.74, 6) is 0. The number of aliphatic hydroxyl groups is 1. The molecule has 1 heterocycles. The van der Waals surface area contributed by atoms with Gasteiger partial charge in [-0.05, 0) is 31.9 Å². The Balaban J connectivity index is 2.39. The Morgan fingerprint density at radius 1 is 1.53 bits per heavy atom. The van der Waals surface area contributed by atoms with Crippen LogP contribution in [0.25, 0.3) is 0 Å². The number of hydrogen-bond donors (Lipinski definition) is 2. The summed E-state index contributed by atoms with van der Waals surface area (Å²) in [6, 6.07) is 4.61. The molecule has 0 fully saturated rings. The Morgan fingerprint density at radius 3 is 3.00 bits per heavy atom. The van der Waals surface area contributed by atoms with Gasteiger partial charge in [0.05, 0.1) is 0 Å². The lowest BCUT2D eigenvalue weighted by atomic mass is 10.2. The van der Waals surface area contributed by atoms with Crippen molar-refractivity contribution in [2.75, 3.05) is 6.61 Å². The Morgan fingerprint density at radius 2 is 2.33 bits per heavy atom. The van der Waals surface area contributed by atoms with E-state index in [4.69, 9.17) is 5.11 Å². The molecule has 1 atom stereocenters. The Bertz CT molecular complexity index is 270. The van der Waals surface area contributed by atoms with Gasteiger partial charge in [0.2, 0.25) is 0 Å². The molecule has 1 aromatic heterocycles. The average molecular weight is 210 g/mol. The van der Waals surface area contributed by atoms with E-state index in [1.54, 1.807) is 0 Å². The highest BCUT2D eigenvalue weighted by molar-refractivity contribution is 5.06. The fourth-order valence-corrected chi connectivity index (χ4v) is 1.64. The lowest BCUT2D eigenvalue weighted by Gasteiger charge is -2.14. The van der Waals surface area contributed by atoms with Gasteiger partial charge in [-0.1, -0.05) is 6.92 Å². The molecule has 86 valence electrons. The second kappa shape index (κ2) is 6.64. The first-order chi connectivity index (χ1) is 7.27. The van der Waals surface area contributed by atoms with Crippen LogP contribution in [-0.4, -0.2) is 22.3 Å². The van der Waals surface area contributed by atoms with Crippen molar-refractivity contribution >= 4 is 0 Å². The highest BCUT2D eigenvalue weighted by Crippen LogP contribution is 2.04. The molecule has 2 N–H and O–H groups in total. The van der Waals surface area contributed by atoms with Crippen molar-refractivity contribution in [2.45, 2.75) is 45.8 Å². The van der Waals surface area contributed by atoms with Crippen LogP contribution in [0.3, 0.4) is 0 Å². The first-order valence-corrected chi connectivity index (χ1v) is 5.76. The standard InChI is InChI=1S/C12H22N2O/c1-3-7-14-8-4-5-12(14)10-13-11(2)6-9-15/h4-5,8,11,13,15H,3,6-7,9-10H2,1-2H3. The molecule has 0 spiro atoms. The molecule has 15 heavy (non-hydrogen) atoms. The summed E-state index contributed by atoms with van der Waals surface area (Å²) in [7, 11) is 0. The lowest BCUT2D eigenvalue weighted by Crippen LogP contribution is -2.27. The zero-order valence-electron chi connectivity index (χ0n) is 9.74. The second-order valence-electron chi connectivity index (χ2n) is 3.99. The molecule has 3 nitrogen and oxygen atoms in total. The van der Waals surface area contributed by atoms with Crippen molar-refractivity contribution in [3.8, 4) is 0 Å². The summed E-state index contributed by atoms with van der Waals surface area (Å²) in [5, 5.41) is 12.2. The van der Waals surface area contributed by atoms with Crippen LogP contribution in [0.15, 0.2) is 18.3 Å². The zero-order chi connectivity index (χ0) is 11.1. The van der Waals surface area contributed by atoms with Crippen LogP contribution in [0.5, 0.6) is 0 Å². The molecule has 0 aliphatic heterocycles. The normalized spacial score (nSPS) is 13.0. The summed E-state index contributed by atoms with van der Waals surface area (Å²) < 4.78 is 2.28. The fourth-order valence-electron chi connectivity index (χ4n) is 1.64. The monoisotopic (exact) mass is 210 g/mol. The fraction of sp³-hybridized carbons (Fsp3) is 0.667. The summed E-state index contributed by atoms with van der Waals surface area (Å²) in [6.45, 7) is 6.51. The topological polar surface area (TPSA) is 37.2 Å². The van der Waals surface area contributed by atoms with Gasteiger partial charge in [-0.3, -0.25) is 0 Å². The maximum atomic E-state index is 8.79. The smallest absolute Gasteiger partial charge is 0.0445 e. The van der Waals surface area contributed by atoms with E-state index in [2.05, 4.69) is 42.1 Å². The number of hydrogen-bond acceptors (Lipinski definition) is 2. The molecule has 1 aromatic rings. The summed E-state index contributed by atoms with van der Waals surface area (Å²) >= 11 is 0. The molecule has 0 aromatic carbocycles. The van der Waals surface area contributed by atoms with Gasteiger partial charge in [-0.25, -0.2) is 0 Å². The van der Waals surface area contributed by atoms with E-state index in [1.807, 2.05) is 0 Å². The van der Waals surface area contributed by atoms with E-state index in [-0.39, 0.29) is 6.61 Å². The van der Waals surface area contributed by atoms with E-state index < -0.39 is 0 Å². The SMILES string of the molecule is CCCn1cccc1CNC(C)CCO. The van der Waals surface area contributed by atoms with E-state index in [1.165, 1.54) is 5.69 Å². The minimum atomic E-state index is 0.254. The van der Waals surface area contributed by atoms with Gasteiger partial charge >= 0.3 is 0 Å². The molecule has 0 bridgehead atoms. The molecule has 3 heteroatoms. The molecule has 1 unspecified atom stereocenters. The highest BCUT2D eigenvalue weighted by atomic mass is 16.3. The van der Waals surface area contributed by atoms with Gasteiger partial charge in [0.1, 0.15) is 0 Å². The molecular formula is C12H22N2O. The van der Waals surface area contributed by atoms with Crippen molar-refractivity contribution in [1.29, 1.82) is 0 Å². The third-order valence-corrected chi connectivity index (χ3v) is 2.58. The van der Waals surface area contributed by atoms with E-state index in [0.29, 0.717) is 6.04 Å². The van der Waals surface area contributed by atoms with E-state index in [9.17, 15) is 0 Å². The van der Waals surface area contributed by atoms with Crippen LogP contribution in [0.1, 0.15) is 32.4 Å². The molecule has 1 rings (SSSR count). The predicted molar refractivity (Wildman–Crippen MR) is 62.7 cm³/mol. The third-order valence-electron chi connectivity index (χ3n) is 2.58. The highest BCUT2D eigenvalue weighted by Gasteiger charge is 2.03. The second-order valence-corrected chi connectivity index (χ2v) is 3.99. The van der Waals surface area contributed by atoms with Crippen LogP contribution in [-0.2, 0) is 13.1 Å². The van der Waals surface area contributed by atoms with Crippen LogP contribution in [0.4, 0.5) is 0 Å². The molecule has 0 radical (unpaired) electrons. The number of rotatable bonds is 7. The van der Waals surface area contributed by atoms with Crippen molar-refractivity contribution in [2.24, 2.45) is 0 Å². The van der Waals surface area contributed by atoms with Crippen LogP contribution >= 0.6 is 0 Å². The number of aliphatic hydroxyl groups excluding tert-OH is 1.